The molecule has 6 heteroatoms. The highest BCUT2D eigenvalue weighted by Gasteiger charge is 2.24. The number of phenolic OH excluding ortho intramolecular Hbond substituents is 1. The number of benzene rings is 1. The number of carbonyl (C=O) groups is 1. The Morgan fingerprint density at radius 1 is 1.42 bits per heavy atom. The van der Waals surface area contributed by atoms with Crippen molar-refractivity contribution < 1.29 is 23.4 Å². The van der Waals surface area contributed by atoms with E-state index in [9.17, 15) is 18.7 Å². The van der Waals surface area contributed by atoms with Crippen molar-refractivity contribution >= 4 is 5.91 Å². The van der Waals surface area contributed by atoms with Crippen molar-refractivity contribution in [3.63, 3.8) is 0 Å². The largest absolute Gasteiger partial charge is 0.507 e. The second-order valence-corrected chi connectivity index (χ2v) is 4.33. The Hall–Kier alpha value is -1.85. The third-order valence-electron chi connectivity index (χ3n) is 2.65. The first-order valence-electron chi connectivity index (χ1n) is 5.83. The number of rotatable bonds is 5. The van der Waals surface area contributed by atoms with Crippen molar-refractivity contribution in [2.24, 2.45) is 0 Å². The van der Waals surface area contributed by atoms with Gasteiger partial charge in [0.1, 0.15) is 11.5 Å². The van der Waals surface area contributed by atoms with E-state index >= 15 is 0 Å². The summed E-state index contributed by atoms with van der Waals surface area (Å²) in [6.07, 6.45) is -2.63. The summed E-state index contributed by atoms with van der Waals surface area (Å²) >= 11 is 0. The first-order chi connectivity index (χ1) is 8.86. The molecule has 1 amide bonds. The van der Waals surface area contributed by atoms with Gasteiger partial charge in [-0.3, -0.25) is 4.79 Å². The topological polar surface area (TPSA) is 49.8 Å². The van der Waals surface area contributed by atoms with Crippen molar-refractivity contribution in [2.75, 3.05) is 13.7 Å². The summed E-state index contributed by atoms with van der Waals surface area (Å²) in [7, 11) is 1.42. The molecule has 106 valence electrons. The van der Waals surface area contributed by atoms with Crippen LogP contribution in [0.15, 0.2) is 18.2 Å². The van der Waals surface area contributed by atoms with E-state index in [1.165, 1.54) is 25.3 Å². The molecule has 0 heterocycles. The Bertz CT molecular complexity index is 450. The van der Waals surface area contributed by atoms with Gasteiger partial charge in [-0.1, -0.05) is 0 Å². The number of hydrogen-bond donors (Lipinski definition) is 1. The van der Waals surface area contributed by atoms with Gasteiger partial charge in [-0.05, 0) is 32.0 Å². The monoisotopic (exact) mass is 273 g/mol. The average molecular weight is 273 g/mol. The Morgan fingerprint density at radius 3 is 2.53 bits per heavy atom. The van der Waals surface area contributed by atoms with Crippen LogP contribution in [0.5, 0.6) is 11.5 Å². The van der Waals surface area contributed by atoms with Crippen LogP contribution >= 0.6 is 0 Å². The second-order valence-electron chi connectivity index (χ2n) is 4.33. The van der Waals surface area contributed by atoms with Gasteiger partial charge in [0.15, 0.2) is 0 Å². The van der Waals surface area contributed by atoms with Gasteiger partial charge in [0.2, 0.25) is 0 Å². The van der Waals surface area contributed by atoms with Crippen LogP contribution in [-0.4, -0.2) is 42.0 Å². The van der Waals surface area contributed by atoms with Gasteiger partial charge in [0.05, 0.1) is 19.2 Å². The fourth-order valence-corrected chi connectivity index (χ4v) is 1.65. The second kappa shape index (κ2) is 6.36. The minimum absolute atomic E-state index is 0.0475. The lowest BCUT2D eigenvalue weighted by atomic mass is 10.1. The Balaban J connectivity index is 3.08. The number of nitrogens with zero attached hydrogens (tertiary/aromatic N) is 1. The summed E-state index contributed by atoms with van der Waals surface area (Å²) in [5, 5.41) is 9.68. The molecule has 0 saturated heterocycles. The van der Waals surface area contributed by atoms with E-state index in [0.29, 0.717) is 5.75 Å². The molecule has 0 aliphatic heterocycles. The highest BCUT2D eigenvalue weighted by atomic mass is 19.3. The number of alkyl halides is 2. The third kappa shape index (κ3) is 3.81. The van der Waals surface area contributed by atoms with Crippen molar-refractivity contribution in [1.29, 1.82) is 0 Å². The third-order valence-corrected chi connectivity index (χ3v) is 2.65. The zero-order valence-electron chi connectivity index (χ0n) is 11.1. The van der Waals surface area contributed by atoms with Gasteiger partial charge < -0.3 is 14.7 Å². The lowest BCUT2D eigenvalue weighted by Crippen LogP contribution is -2.40. The average Bonchev–Trinajstić information content (AvgIpc) is 2.35. The maximum absolute atomic E-state index is 12.5. The van der Waals surface area contributed by atoms with E-state index in [1.54, 1.807) is 13.8 Å². The molecular weight excluding hydrogens is 256 g/mol. The maximum Gasteiger partial charge on any atom is 0.258 e. The summed E-state index contributed by atoms with van der Waals surface area (Å²) in [5.74, 6) is -0.528. The van der Waals surface area contributed by atoms with Gasteiger partial charge in [-0.15, -0.1) is 0 Å². The Labute approximate surface area is 110 Å². The molecule has 1 N–H and O–H groups in total. The van der Waals surface area contributed by atoms with Gasteiger partial charge in [-0.2, -0.15) is 0 Å². The van der Waals surface area contributed by atoms with E-state index in [4.69, 9.17) is 4.74 Å². The fraction of sp³-hybridized carbons (Fsp3) is 0.462. The molecular formula is C13H17F2NO3. The predicted octanol–water partition coefficient (Wildman–Crippen LogP) is 2.52. The first kappa shape index (κ1) is 15.2. The van der Waals surface area contributed by atoms with E-state index in [2.05, 4.69) is 0 Å². The number of aromatic hydroxyl groups is 1. The number of phenols is 1. The minimum atomic E-state index is -2.63. The first-order valence-corrected chi connectivity index (χ1v) is 5.83. The molecule has 1 aromatic carbocycles. The van der Waals surface area contributed by atoms with E-state index < -0.39 is 24.9 Å². The van der Waals surface area contributed by atoms with Crippen molar-refractivity contribution in [1.82, 2.24) is 4.90 Å². The van der Waals surface area contributed by atoms with E-state index in [1.807, 2.05) is 0 Å². The molecule has 0 radical (unpaired) electrons. The van der Waals surface area contributed by atoms with Gasteiger partial charge in [-0.25, -0.2) is 8.78 Å². The summed E-state index contributed by atoms with van der Waals surface area (Å²) in [6, 6.07) is 3.72. The zero-order chi connectivity index (χ0) is 14.6. The SMILES string of the molecule is COc1ccc(O)c(C(=O)N(CC(F)F)C(C)C)c1. The lowest BCUT2D eigenvalue weighted by Gasteiger charge is -2.26. The molecule has 0 aliphatic carbocycles. The number of ether oxygens (including phenoxy) is 1. The van der Waals surface area contributed by atoms with Crippen LogP contribution in [0.4, 0.5) is 8.78 Å². The molecule has 0 unspecified atom stereocenters. The van der Waals surface area contributed by atoms with Crippen molar-refractivity contribution in [3.05, 3.63) is 23.8 Å². The van der Waals surface area contributed by atoms with Crippen LogP contribution in [0.1, 0.15) is 24.2 Å². The van der Waals surface area contributed by atoms with E-state index in [0.717, 1.165) is 4.90 Å². The predicted molar refractivity (Wildman–Crippen MR) is 66.8 cm³/mol. The number of amides is 1. The minimum Gasteiger partial charge on any atom is -0.507 e. The van der Waals surface area contributed by atoms with Crippen LogP contribution in [0.25, 0.3) is 0 Å². The summed E-state index contributed by atoms with van der Waals surface area (Å²) in [6.45, 7) is 2.60. The summed E-state index contributed by atoms with van der Waals surface area (Å²) < 4.78 is 29.9. The van der Waals surface area contributed by atoms with Crippen LogP contribution in [-0.2, 0) is 0 Å². The molecule has 1 rings (SSSR count). The fourth-order valence-electron chi connectivity index (χ4n) is 1.65. The molecule has 0 bridgehead atoms. The van der Waals surface area contributed by atoms with Gasteiger partial charge in [0.25, 0.3) is 12.3 Å². The maximum atomic E-state index is 12.5. The van der Waals surface area contributed by atoms with Crippen molar-refractivity contribution in [2.45, 2.75) is 26.3 Å². The van der Waals surface area contributed by atoms with Crippen LogP contribution in [0, 0.1) is 0 Å². The number of halogens is 2. The number of methoxy groups -OCH3 is 1. The Morgan fingerprint density at radius 2 is 2.05 bits per heavy atom. The molecule has 4 nitrogen and oxygen atoms in total. The molecule has 0 saturated carbocycles. The molecule has 0 fully saturated rings. The van der Waals surface area contributed by atoms with Crippen LogP contribution in [0.2, 0.25) is 0 Å². The molecule has 1 aromatic rings. The van der Waals surface area contributed by atoms with E-state index in [-0.39, 0.29) is 11.3 Å². The van der Waals surface area contributed by atoms with Crippen LogP contribution in [0.3, 0.4) is 0 Å². The smallest absolute Gasteiger partial charge is 0.258 e. The lowest BCUT2D eigenvalue weighted by molar-refractivity contribution is 0.0473. The van der Waals surface area contributed by atoms with Gasteiger partial charge >= 0.3 is 0 Å². The van der Waals surface area contributed by atoms with Gasteiger partial charge in [0, 0.05) is 6.04 Å². The molecule has 0 aliphatic rings. The highest BCUT2D eigenvalue weighted by Crippen LogP contribution is 2.25. The quantitative estimate of drug-likeness (QED) is 0.896. The Kier molecular flexibility index (Phi) is 5.09. The normalized spacial score (nSPS) is 10.9. The number of carbonyl (C=O) groups excluding carboxylic acids is 1. The zero-order valence-corrected chi connectivity index (χ0v) is 11.1. The van der Waals surface area contributed by atoms with Crippen LogP contribution < -0.4 is 4.74 Å². The standard InChI is InChI=1S/C13H17F2NO3/c1-8(2)16(7-12(14)15)13(18)10-6-9(19-3)4-5-11(10)17/h4-6,8,12,17H,7H2,1-3H3. The molecule has 0 atom stereocenters. The summed E-state index contributed by atoms with van der Waals surface area (Å²) in [5.41, 5.74) is -0.0475. The molecule has 19 heavy (non-hydrogen) atoms. The highest BCUT2D eigenvalue weighted by molar-refractivity contribution is 5.97. The van der Waals surface area contributed by atoms with Crippen molar-refractivity contribution in [3.8, 4) is 11.5 Å². The molecule has 0 spiro atoms. The number of hydrogen-bond acceptors (Lipinski definition) is 3. The molecule has 0 aromatic heterocycles. The summed E-state index contributed by atoms with van der Waals surface area (Å²) in [4.78, 5) is 13.2.